The average molecular weight is 254 g/mol. The molecule has 0 saturated carbocycles. The molecular weight excluding hydrogens is 241 g/mol. The van der Waals surface area contributed by atoms with Crippen molar-refractivity contribution >= 4 is 11.6 Å². The molecule has 1 aromatic carbocycles. The fourth-order valence-electron chi connectivity index (χ4n) is 1.53. The zero-order chi connectivity index (χ0) is 12.4. The summed E-state index contributed by atoms with van der Waals surface area (Å²) in [6, 6.07) is 4.43. The van der Waals surface area contributed by atoms with Gasteiger partial charge in [-0.1, -0.05) is 18.5 Å². The number of imidazole rings is 1. The number of hydrogen-bond donors (Lipinski definition) is 2. The lowest BCUT2D eigenvalue weighted by Gasteiger charge is -2.04. The van der Waals surface area contributed by atoms with Gasteiger partial charge in [-0.15, -0.1) is 0 Å². The van der Waals surface area contributed by atoms with Crippen LogP contribution in [0.5, 0.6) is 0 Å². The molecular formula is C12H13ClFN3. The summed E-state index contributed by atoms with van der Waals surface area (Å²) in [5, 5.41) is 0.0958. The normalized spacial score (nSPS) is 12.7. The Kier molecular flexibility index (Phi) is 3.45. The molecule has 0 aliphatic heterocycles. The minimum absolute atomic E-state index is 0.0958. The van der Waals surface area contributed by atoms with Gasteiger partial charge in [0.1, 0.15) is 11.6 Å². The molecule has 17 heavy (non-hydrogen) atoms. The first-order valence-corrected chi connectivity index (χ1v) is 5.75. The maximum Gasteiger partial charge on any atom is 0.141 e. The van der Waals surface area contributed by atoms with Crippen molar-refractivity contribution in [3.63, 3.8) is 0 Å². The largest absolute Gasteiger partial charge is 0.341 e. The molecule has 0 spiro atoms. The van der Waals surface area contributed by atoms with E-state index in [2.05, 4.69) is 9.97 Å². The van der Waals surface area contributed by atoms with Gasteiger partial charge in [-0.3, -0.25) is 0 Å². The molecule has 0 aliphatic carbocycles. The molecule has 1 aromatic heterocycles. The molecule has 0 radical (unpaired) electrons. The molecule has 5 heteroatoms. The molecule has 1 atom stereocenters. The highest BCUT2D eigenvalue weighted by molar-refractivity contribution is 6.31. The summed E-state index contributed by atoms with van der Waals surface area (Å²) in [7, 11) is 0. The summed E-state index contributed by atoms with van der Waals surface area (Å²) in [6.07, 6.45) is 2.48. The van der Waals surface area contributed by atoms with Crippen LogP contribution in [-0.2, 0) is 0 Å². The van der Waals surface area contributed by atoms with E-state index >= 15 is 0 Å². The highest BCUT2D eigenvalue weighted by Crippen LogP contribution is 2.24. The zero-order valence-corrected chi connectivity index (χ0v) is 10.1. The molecule has 3 nitrogen and oxygen atoms in total. The fourth-order valence-corrected chi connectivity index (χ4v) is 1.71. The quantitative estimate of drug-likeness (QED) is 0.882. The molecule has 0 fully saturated rings. The first-order valence-electron chi connectivity index (χ1n) is 5.37. The number of aromatic nitrogens is 2. The number of hydrogen-bond acceptors (Lipinski definition) is 2. The molecule has 2 rings (SSSR count). The molecule has 0 amide bonds. The molecule has 0 aliphatic rings. The number of nitrogens with one attached hydrogen (secondary N) is 1. The molecule has 90 valence electrons. The minimum Gasteiger partial charge on any atom is -0.341 e. The number of halogens is 2. The van der Waals surface area contributed by atoms with Gasteiger partial charge in [0.2, 0.25) is 0 Å². The van der Waals surface area contributed by atoms with Crippen molar-refractivity contribution in [2.45, 2.75) is 19.4 Å². The van der Waals surface area contributed by atoms with E-state index in [0.717, 1.165) is 23.5 Å². The van der Waals surface area contributed by atoms with E-state index < -0.39 is 5.82 Å². The van der Waals surface area contributed by atoms with Crippen LogP contribution in [0.4, 0.5) is 4.39 Å². The smallest absolute Gasteiger partial charge is 0.141 e. The van der Waals surface area contributed by atoms with E-state index in [9.17, 15) is 4.39 Å². The number of benzene rings is 1. The SMILES string of the molecule is CCC(N)c1ncc(-c2ccc(F)c(Cl)c2)[nH]1. The Morgan fingerprint density at radius 1 is 1.53 bits per heavy atom. The Hall–Kier alpha value is -1.39. The predicted octanol–water partition coefficient (Wildman–Crippen LogP) is 3.28. The lowest BCUT2D eigenvalue weighted by molar-refractivity contribution is 0.628. The van der Waals surface area contributed by atoms with Gasteiger partial charge in [0, 0.05) is 5.56 Å². The standard InChI is InChI=1S/C12H13ClFN3/c1-2-10(15)12-16-6-11(17-12)7-3-4-9(14)8(13)5-7/h3-6,10H,2,15H2,1H3,(H,16,17). The minimum atomic E-state index is -0.430. The highest BCUT2D eigenvalue weighted by atomic mass is 35.5. The van der Waals surface area contributed by atoms with Gasteiger partial charge in [-0.2, -0.15) is 0 Å². The number of aromatic amines is 1. The molecule has 1 heterocycles. The van der Waals surface area contributed by atoms with E-state index in [1.807, 2.05) is 6.92 Å². The predicted molar refractivity (Wildman–Crippen MR) is 66.2 cm³/mol. The van der Waals surface area contributed by atoms with Crippen LogP contribution in [-0.4, -0.2) is 9.97 Å². The molecule has 1 unspecified atom stereocenters. The molecule has 2 aromatic rings. The van der Waals surface area contributed by atoms with E-state index in [4.69, 9.17) is 17.3 Å². The fraction of sp³-hybridized carbons (Fsp3) is 0.250. The van der Waals surface area contributed by atoms with Gasteiger partial charge >= 0.3 is 0 Å². The lowest BCUT2D eigenvalue weighted by atomic mass is 10.2. The van der Waals surface area contributed by atoms with Crippen LogP contribution < -0.4 is 5.73 Å². The Morgan fingerprint density at radius 2 is 2.29 bits per heavy atom. The van der Waals surface area contributed by atoms with Gasteiger partial charge in [-0.05, 0) is 24.6 Å². The number of nitrogens with zero attached hydrogens (tertiary/aromatic N) is 1. The van der Waals surface area contributed by atoms with E-state index in [0.29, 0.717) is 0 Å². The number of nitrogens with two attached hydrogens (primary N) is 1. The van der Waals surface area contributed by atoms with Crippen LogP contribution >= 0.6 is 11.6 Å². The Morgan fingerprint density at radius 3 is 2.94 bits per heavy atom. The summed E-state index contributed by atoms with van der Waals surface area (Å²) in [4.78, 5) is 7.31. The zero-order valence-electron chi connectivity index (χ0n) is 9.37. The van der Waals surface area contributed by atoms with Gasteiger partial charge in [0.05, 0.1) is 23.0 Å². The van der Waals surface area contributed by atoms with Crippen LogP contribution in [0.1, 0.15) is 25.2 Å². The van der Waals surface area contributed by atoms with Crippen LogP contribution in [0.25, 0.3) is 11.3 Å². The van der Waals surface area contributed by atoms with Crippen LogP contribution in [0.15, 0.2) is 24.4 Å². The number of H-pyrrole nitrogens is 1. The van der Waals surface area contributed by atoms with Crippen molar-refractivity contribution in [3.8, 4) is 11.3 Å². The van der Waals surface area contributed by atoms with Gasteiger partial charge in [-0.25, -0.2) is 9.37 Å². The van der Waals surface area contributed by atoms with Crippen molar-refractivity contribution in [1.29, 1.82) is 0 Å². The summed E-state index contributed by atoms with van der Waals surface area (Å²) >= 11 is 5.73. The topological polar surface area (TPSA) is 54.7 Å². The highest BCUT2D eigenvalue weighted by Gasteiger charge is 2.10. The number of rotatable bonds is 3. The van der Waals surface area contributed by atoms with Crippen molar-refractivity contribution in [1.82, 2.24) is 9.97 Å². The third kappa shape index (κ3) is 2.48. The van der Waals surface area contributed by atoms with Crippen molar-refractivity contribution in [2.75, 3.05) is 0 Å². The van der Waals surface area contributed by atoms with Crippen LogP contribution in [0.2, 0.25) is 5.02 Å². The maximum absolute atomic E-state index is 13.0. The molecule has 0 bridgehead atoms. The lowest BCUT2D eigenvalue weighted by Crippen LogP contribution is -2.10. The first-order chi connectivity index (χ1) is 8.11. The van der Waals surface area contributed by atoms with Crippen molar-refractivity contribution in [2.24, 2.45) is 5.73 Å². The summed E-state index contributed by atoms with van der Waals surface area (Å²) in [5.74, 6) is 0.295. The van der Waals surface area contributed by atoms with Crippen molar-refractivity contribution < 1.29 is 4.39 Å². The van der Waals surface area contributed by atoms with Gasteiger partial charge < -0.3 is 10.7 Å². The van der Waals surface area contributed by atoms with E-state index in [-0.39, 0.29) is 11.1 Å². The average Bonchev–Trinajstić information content (AvgIpc) is 2.81. The summed E-state index contributed by atoms with van der Waals surface area (Å²) < 4.78 is 13.0. The third-order valence-electron chi connectivity index (χ3n) is 2.62. The van der Waals surface area contributed by atoms with E-state index in [1.54, 1.807) is 18.3 Å². The second-order valence-corrected chi connectivity index (χ2v) is 4.23. The Labute approximate surface area is 104 Å². The molecule has 0 saturated heterocycles. The second kappa shape index (κ2) is 4.85. The van der Waals surface area contributed by atoms with Gasteiger partial charge in [0.15, 0.2) is 0 Å². The maximum atomic E-state index is 13.0. The Balaban J connectivity index is 2.33. The van der Waals surface area contributed by atoms with Crippen LogP contribution in [0, 0.1) is 5.82 Å². The Bertz CT molecular complexity index is 524. The van der Waals surface area contributed by atoms with Gasteiger partial charge in [0.25, 0.3) is 0 Å². The van der Waals surface area contributed by atoms with Crippen LogP contribution in [0.3, 0.4) is 0 Å². The molecule has 3 N–H and O–H groups in total. The van der Waals surface area contributed by atoms with Crippen molar-refractivity contribution in [3.05, 3.63) is 41.1 Å². The second-order valence-electron chi connectivity index (χ2n) is 3.83. The third-order valence-corrected chi connectivity index (χ3v) is 2.91. The summed E-state index contributed by atoms with van der Waals surface area (Å²) in [5.41, 5.74) is 7.43. The summed E-state index contributed by atoms with van der Waals surface area (Å²) in [6.45, 7) is 1.99. The first kappa shape index (κ1) is 12.1. The van der Waals surface area contributed by atoms with E-state index in [1.165, 1.54) is 6.07 Å². The monoisotopic (exact) mass is 253 g/mol.